The SMILES string of the molecule is O=C1NC(=O)[C@H]2CC=C3[C@@H](C[C@H]4C(=O)N(c5cccc(Cl)c5)C(=O)[C@@]4(c4ccccc4)[C@H]3c3c(O)ccc4ccccc34)[C@@H]12. The van der Waals surface area contributed by atoms with E-state index in [0.29, 0.717) is 28.3 Å². The second-order valence-electron chi connectivity index (χ2n) is 12.2. The van der Waals surface area contributed by atoms with Crippen molar-refractivity contribution in [1.29, 1.82) is 0 Å². The maximum absolute atomic E-state index is 15.3. The zero-order chi connectivity index (χ0) is 30.3. The van der Waals surface area contributed by atoms with Crippen LogP contribution in [0.4, 0.5) is 5.69 Å². The van der Waals surface area contributed by atoms with Crippen LogP contribution < -0.4 is 10.2 Å². The number of carbonyl (C=O) groups is 4. The van der Waals surface area contributed by atoms with E-state index in [0.717, 1.165) is 16.3 Å². The van der Waals surface area contributed by atoms with Crippen molar-refractivity contribution >= 4 is 51.7 Å². The Morgan fingerprint density at radius 2 is 1.61 bits per heavy atom. The number of amides is 4. The molecule has 4 aliphatic rings. The van der Waals surface area contributed by atoms with Gasteiger partial charge in [0.1, 0.15) is 5.75 Å². The highest BCUT2D eigenvalue weighted by molar-refractivity contribution is 6.32. The van der Waals surface area contributed by atoms with Gasteiger partial charge in [0.05, 0.1) is 28.9 Å². The van der Waals surface area contributed by atoms with Crippen molar-refractivity contribution in [2.45, 2.75) is 24.2 Å². The Morgan fingerprint density at radius 1 is 0.841 bits per heavy atom. The molecule has 2 aliphatic carbocycles. The molecule has 0 radical (unpaired) electrons. The van der Waals surface area contributed by atoms with Gasteiger partial charge < -0.3 is 5.11 Å². The van der Waals surface area contributed by atoms with Crippen molar-refractivity contribution in [2.24, 2.45) is 23.7 Å². The lowest BCUT2D eigenvalue weighted by atomic mass is 9.48. The molecule has 4 aromatic rings. The smallest absolute Gasteiger partial charge is 0.246 e. The Kier molecular flexibility index (Phi) is 5.87. The minimum atomic E-state index is -1.45. The van der Waals surface area contributed by atoms with Crippen LogP contribution in [0.2, 0.25) is 5.02 Å². The van der Waals surface area contributed by atoms with Gasteiger partial charge >= 0.3 is 0 Å². The number of anilines is 1. The highest BCUT2D eigenvalue weighted by Gasteiger charge is 2.70. The van der Waals surface area contributed by atoms with E-state index in [2.05, 4.69) is 5.32 Å². The summed E-state index contributed by atoms with van der Waals surface area (Å²) >= 11 is 6.36. The maximum atomic E-state index is 15.3. The summed E-state index contributed by atoms with van der Waals surface area (Å²) in [5.41, 5.74) is 0.902. The summed E-state index contributed by atoms with van der Waals surface area (Å²) in [6.45, 7) is 0. The first-order valence-electron chi connectivity index (χ1n) is 14.8. The minimum Gasteiger partial charge on any atom is -0.508 e. The van der Waals surface area contributed by atoms with E-state index in [1.54, 1.807) is 30.3 Å². The third kappa shape index (κ3) is 3.50. The average molecular weight is 603 g/mol. The molecule has 2 saturated heterocycles. The summed E-state index contributed by atoms with van der Waals surface area (Å²) in [5, 5.41) is 16.2. The molecular formula is C36H27ClN2O5. The van der Waals surface area contributed by atoms with Crippen LogP contribution >= 0.6 is 11.6 Å². The summed E-state index contributed by atoms with van der Waals surface area (Å²) in [6.07, 6.45) is 2.51. The minimum absolute atomic E-state index is 0.000154. The highest BCUT2D eigenvalue weighted by Crippen LogP contribution is 2.65. The first kappa shape index (κ1) is 26.8. The zero-order valence-electron chi connectivity index (χ0n) is 23.4. The van der Waals surface area contributed by atoms with Crippen molar-refractivity contribution in [1.82, 2.24) is 5.32 Å². The predicted octanol–water partition coefficient (Wildman–Crippen LogP) is 5.65. The van der Waals surface area contributed by atoms with Crippen LogP contribution in [0.5, 0.6) is 5.75 Å². The fourth-order valence-electron chi connectivity index (χ4n) is 8.56. The van der Waals surface area contributed by atoms with E-state index in [-0.39, 0.29) is 24.0 Å². The molecule has 8 rings (SSSR count). The molecule has 2 heterocycles. The number of phenolic OH excluding ortho intramolecular Hbond substituents is 1. The first-order valence-corrected chi connectivity index (χ1v) is 15.1. The highest BCUT2D eigenvalue weighted by atomic mass is 35.5. The molecule has 3 fully saturated rings. The van der Waals surface area contributed by atoms with E-state index < -0.39 is 46.8 Å². The van der Waals surface area contributed by atoms with Gasteiger partial charge in [0.15, 0.2) is 0 Å². The molecule has 0 aromatic heterocycles. The van der Waals surface area contributed by atoms with Crippen LogP contribution in [0.25, 0.3) is 10.8 Å². The van der Waals surface area contributed by atoms with Gasteiger partial charge in [-0.25, -0.2) is 4.90 Å². The van der Waals surface area contributed by atoms with Crippen molar-refractivity contribution in [2.75, 3.05) is 4.90 Å². The van der Waals surface area contributed by atoms with Crippen molar-refractivity contribution in [3.63, 3.8) is 0 Å². The molecular weight excluding hydrogens is 576 g/mol. The number of halogens is 1. The van der Waals surface area contributed by atoms with E-state index in [1.165, 1.54) is 4.90 Å². The lowest BCUT2D eigenvalue weighted by Gasteiger charge is -2.51. The van der Waals surface area contributed by atoms with Crippen molar-refractivity contribution in [3.05, 3.63) is 119 Å². The van der Waals surface area contributed by atoms with Gasteiger partial charge in [-0.15, -0.1) is 0 Å². The zero-order valence-corrected chi connectivity index (χ0v) is 24.2. The number of nitrogens with zero attached hydrogens (tertiary/aromatic N) is 1. The van der Waals surface area contributed by atoms with Crippen LogP contribution in [0, 0.1) is 23.7 Å². The fraction of sp³-hybridized carbons (Fsp3) is 0.222. The Balaban J connectivity index is 1.47. The normalized spacial score (nSPS) is 29.2. The first-order chi connectivity index (χ1) is 21.3. The molecule has 0 unspecified atom stereocenters. The molecule has 44 heavy (non-hydrogen) atoms. The van der Waals surface area contributed by atoms with Gasteiger partial charge in [-0.05, 0) is 59.4 Å². The third-order valence-corrected chi connectivity index (χ3v) is 10.5. The van der Waals surface area contributed by atoms with Crippen LogP contribution in [-0.2, 0) is 24.6 Å². The van der Waals surface area contributed by atoms with Gasteiger partial charge in [0.2, 0.25) is 23.6 Å². The number of allylic oxidation sites excluding steroid dienone is 2. The molecule has 7 nitrogen and oxygen atoms in total. The maximum Gasteiger partial charge on any atom is 0.246 e. The molecule has 2 N–H and O–H groups in total. The van der Waals surface area contributed by atoms with Crippen molar-refractivity contribution in [3.8, 4) is 5.75 Å². The molecule has 2 aliphatic heterocycles. The van der Waals surface area contributed by atoms with E-state index in [9.17, 15) is 19.5 Å². The number of hydrogen-bond donors (Lipinski definition) is 2. The van der Waals surface area contributed by atoms with Crippen LogP contribution in [0.1, 0.15) is 29.9 Å². The van der Waals surface area contributed by atoms with Crippen LogP contribution in [0.15, 0.2) is 103 Å². The van der Waals surface area contributed by atoms with E-state index >= 15 is 4.79 Å². The molecule has 8 heteroatoms. The fourth-order valence-corrected chi connectivity index (χ4v) is 8.74. The number of phenols is 1. The number of benzene rings is 4. The van der Waals surface area contributed by atoms with Gasteiger partial charge in [0, 0.05) is 16.5 Å². The number of rotatable bonds is 3. The second kappa shape index (κ2) is 9.63. The molecule has 1 saturated carbocycles. The number of fused-ring (bicyclic) bond motifs is 5. The Bertz CT molecular complexity index is 1950. The van der Waals surface area contributed by atoms with Crippen molar-refractivity contribution < 1.29 is 24.3 Å². The quantitative estimate of drug-likeness (QED) is 0.233. The average Bonchev–Trinajstić information content (AvgIpc) is 3.45. The Labute approximate surface area is 258 Å². The topological polar surface area (TPSA) is 104 Å². The Morgan fingerprint density at radius 3 is 2.41 bits per heavy atom. The summed E-state index contributed by atoms with van der Waals surface area (Å²) in [6, 6.07) is 27.1. The van der Waals surface area contributed by atoms with Gasteiger partial charge in [-0.1, -0.05) is 90.0 Å². The van der Waals surface area contributed by atoms with Crippen LogP contribution in [0.3, 0.4) is 0 Å². The molecule has 4 aromatic carbocycles. The number of imide groups is 2. The molecule has 4 amide bonds. The molecule has 0 spiro atoms. The van der Waals surface area contributed by atoms with Gasteiger partial charge in [0.25, 0.3) is 0 Å². The van der Waals surface area contributed by atoms with Crippen LogP contribution in [-0.4, -0.2) is 28.7 Å². The Hall–Kier alpha value is -4.75. The predicted molar refractivity (Wildman–Crippen MR) is 165 cm³/mol. The number of aromatic hydroxyl groups is 1. The van der Waals surface area contributed by atoms with Gasteiger partial charge in [-0.2, -0.15) is 0 Å². The lowest BCUT2D eigenvalue weighted by Crippen LogP contribution is -2.53. The third-order valence-electron chi connectivity index (χ3n) is 10.2. The number of hydrogen-bond acceptors (Lipinski definition) is 5. The number of nitrogens with one attached hydrogen (secondary N) is 1. The summed E-state index contributed by atoms with van der Waals surface area (Å²) < 4.78 is 0. The summed E-state index contributed by atoms with van der Waals surface area (Å²) in [5.74, 6) is -4.85. The molecule has 0 bridgehead atoms. The van der Waals surface area contributed by atoms with Gasteiger partial charge in [-0.3, -0.25) is 24.5 Å². The standard InChI is InChI=1S/C36H27ClN2O5/c37-21-10-6-11-22(17-21)39-34(43)27-18-26-24(14-15-25-29(26)33(42)38-32(25)41)31(36(27,35(39)44)20-8-2-1-3-9-20)30-23-12-5-4-7-19(23)13-16-28(30)40/h1-14,16-17,25-27,29,31,40H,15,18H2,(H,38,41,42)/t25-,26+,27-,29-,31+,36+/m0/s1. The molecule has 218 valence electrons. The largest absolute Gasteiger partial charge is 0.508 e. The van der Waals surface area contributed by atoms with E-state index in [4.69, 9.17) is 11.6 Å². The second-order valence-corrected chi connectivity index (χ2v) is 12.6. The monoisotopic (exact) mass is 602 g/mol. The van der Waals surface area contributed by atoms with E-state index in [1.807, 2.05) is 66.7 Å². The summed E-state index contributed by atoms with van der Waals surface area (Å²) in [4.78, 5) is 57.3. The number of carbonyl (C=O) groups excluding carboxylic acids is 4. The summed E-state index contributed by atoms with van der Waals surface area (Å²) in [7, 11) is 0. The molecule has 6 atom stereocenters. The lowest BCUT2D eigenvalue weighted by molar-refractivity contribution is -0.128.